The van der Waals surface area contributed by atoms with Gasteiger partial charge in [0, 0.05) is 12.2 Å². The van der Waals surface area contributed by atoms with E-state index in [2.05, 4.69) is 4.74 Å². The zero-order valence-corrected chi connectivity index (χ0v) is 10.2. The van der Waals surface area contributed by atoms with Gasteiger partial charge in [0.15, 0.2) is 0 Å². The first kappa shape index (κ1) is 15.2. The Hall–Kier alpha value is -1.85. The first-order valence-electron chi connectivity index (χ1n) is 4.91. The van der Waals surface area contributed by atoms with Gasteiger partial charge in [-0.2, -0.15) is 0 Å². The van der Waals surface area contributed by atoms with E-state index >= 15 is 0 Å². The molecule has 96 valence electrons. The van der Waals surface area contributed by atoms with Crippen LogP contribution in [-0.2, 0) is 23.9 Å². The normalized spacial score (nSPS) is 13.2. The van der Waals surface area contributed by atoms with Gasteiger partial charge in [-0.05, 0) is 20.8 Å². The molecule has 1 N–H and O–H groups in total. The summed E-state index contributed by atoms with van der Waals surface area (Å²) in [5.41, 5.74) is -0.999. The van der Waals surface area contributed by atoms with Gasteiger partial charge in [-0.25, -0.2) is 9.59 Å². The van der Waals surface area contributed by atoms with Crippen LogP contribution < -0.4 is 0 Å². The number of ether oxygens (including phenoxy) is 2. The van der Waals surface area contributed by atoms with E-state index in [0.717, 1.165) is 6.08 Å². The van der Waals surface area contributed by atoms with Crippen LogP contribution in [0.15, 0.2) is 12.2 Å². The lowest BCUT2D eigenvalue weighted by molar-refractivity contribution is -0.164. The highest BCUT2D eigenvalue weighted by molar-refractivity contribution is 5.91. The Balaban J connectivity index is 4.54. The fraction of sp³-hybridized carbons (Fsp3) is 0.545. The molecule has 0 aromatic carbocycles. The summed E-state index contributed by atoms with van der Waals surface area (Å²) in [6.07, 6.45) is 0.715. The van der Waals surface area contributed by atoms with Crippen molar-refractivity contribution >= 4 is 17.9 Å². The molecule has 6 heteroatoms. The Morgan fingerprint density at radius 3 is 2.18 bits per heavy atom. The van der Waals surface area contributed by atoms with E-state index < -0.39 is 29.4 Å². The van der Waals surface area contributed by atoms with Crippen LogP contribution in [0.3, 0.4) is 0 Å². The second-order valence-corrected chi connectivity index (χ2v) is 3.96. The summed E-state index contributed by atoms with van der Waals surface area (Å²) < 4.78 is 9.47. The van der Waals surface area contributed by atoms with Gasteiger partial charge in [0.1, 0.15) is 6.10 Å². The minimum absolute atomic E-state index is 0.514. The maximum Gasteiger partial charge on any atom is 0.331 e. The quantitative estimate of drug-likeness (QED) is 0.567. The third-order valence-corrected chi connectivity index (χ3v) is 2.38. The van der Waals surface area contributed by atoms with E-state index in [1.54, 1.807) is 13.8 Å². The topological polar surface area (TPSA) is 89.9 Å². The lowest BCUT2D eigenvalue weighted by atomic mass is 9.87. The van der Waals surface area contributed by atoms with Gasteiger partial charge < -0.3 is 14.6 Å². The summed E-state index contributed by atoms with van der Waals surface area (Å²) >= 11 is 0. The van der Waals surface area contributed by atoms with Crippen molar-refractivity contribution in [2.24, 2.45) is 5.41 Å². The molecule has 0 aliphatic rings. The van der Waals surface area contributed by atoms with Gasteiger partial charge in [0.25, 0.3) is 0 Å². The molecule has 0 bridgehead atoms. The molecule has 0 spiro atoms. The van der Waals surface area contributed by atoms with Gasteiger partial charge in [-0.15, -0.1) is 0 Å². The smallest absolute Gasteiger partial charge is 0.331 e. The SMILES string of the molecule is COC(=O)C(C)(C)C(C)OC(=O)/C=C\C(=O)O. The summed E-state index contributed by atoms with van der Waals surface area (Å²) in [6, 6.07) is 0. The summed E-state index contributed by atoms with van der Waals surface area (Å²) in [7, 11) is 1.24. The summed E-state index contributed by atoms with van der Waals surface area (Å²) in [4.78, 5) is 32.8. The maximum absolute atomic E-state index is 11.4. The van der Waals surface area contributed by atoms with Gasteiger partial charge >= 0.3 is 17.9 Å². The standard InChI is InChI=1S/C11H16O6/c1-7(11(2,3)10(15)16-4)17-9(14)6-5-8(12)13/h5-7H,1-4H3,(H,12,13)/b6-5-. The third-order valence-electron chi connectivity index (χ3n) is 2.38. The van der Waals surface area contributed by atoms with Crippen molar-refractivity contribution in [3.05, 3.63) is 12.2 Å². The molecule has 0 radical (unpaired) electrons. The van der Waals surface area contributed by atoms with Crippen molar-refractivity contribution < 1.29 is 29.0 Å². The number of carboxylic acid groups (broad SMARTS) is 1. The molecule has 17 heavy (non-hydrogen) atoms. The second-order valence-electron chi connectivity index (χ2n) is 3.96. The van der Waals surface area contributed by atoms with E-state index in [1.165, 1.54) is 14.0 Å². The number of hydrogen-bond donors (Lipinski definition) is 1. The number of hydrogen-bond acceptors (Lipinski definition) is 5. The van der Waals surface area contributed by atoms with Crippen LogP contribution in [0.1, 0.15) is 20.8 Å². The Labute approximate surface area is 99.2 Å². The summed E-state index contributed by atoms with van der Waals surface area (Å²) in [6.45, 7) is 4.67. The molecule has 0 saturated carbocycles. The van der Waals surface area contributed by atoms with Crippen molar-refractivity contribution in [3.8, 4) is 0 Å². The van der Waals surface area contributed by atoms with Crippen LogP contribution in [-0.4, -0.2) is 36.2 Å². The van der Waals surface area contributed by atoms with Crippen molar-refractivity contribution in [2.75, 3.05) is 7.11 Å². The Morgan fingerprint density at radius 1 is 1.24 bits per heavy atom. The second kappa shape index (κ2) is 6.03. The third kappa shape index (κ3) is 4.67. The molecule has 0 heterocycles. The molecular weight excluding hydrogens is 228 g/mol. The van der Waals surface area contributed by atoms with Crippen molar-refractivity contribution in [1.29, 1.82) is 0 Å². The summed E-state index contributed by atoms with van der Waals surface area (Å²) in [5.74, 6) is -2.58. The monoisotopic (exact) mass is 244 g/mol. The lowest BCUT2D eigenvalue weighted by Crippen LogP contribution is -2.39. The lowest BCUT2D eigenvalue weighted by Gasteiger charge is -2.27. The van der Waals surface area contributed by atoms with Gasteiger partial charge in [0.05, 0.1) is 12.5 Å². The minimum Gasteiger partial charge on any atom is -0.478 e. The number of methoxy groups -OCH3 is 1. The molecule has 6 nitrogen and oxygen atoms in total. The molecule has 0 aromatic heterocycles. The molecule has 0 fully saturated rings. The Morgan fingerprint density at radius 2 is 1.76 bits per heavy atom. The minimum atomic E-state index is -1.25. The molecule has 0 aliphatic heterocycles. The Bertz CT molecular complexity index is 342. The van der Waals surface area contributed by atoms with Crippen LogP contribution in [0.5, 0.6) is 0 Å². The molecule has 0 aliphatic carbocycles. The van der Waals surface area contributed by atoms with E-state index in [1.807, 2.05) is 0 Å². The average molecular weight is 244 g/mol. The molecule has 1 atom stereocenters. The van der Waals surface area contributed by atoms with Crippen LogP contribution in [0.4, 0.5) is 0 Å². The molecule has 1 unspecified atom stereocenters. The molecular formula is C11H16O6. The van der Waals surface area contributed by atoms with E-state index in [4.69, 9.17) is 9.84 Å². The van der Waals surface area contributed by atoms with Gasteiger partial charge in [-0.3, -0.25) is 4.79 Å². The highest BCUT2D eigenvalue weighted by Crippen LogP contribution is 2.24. The highest BCUT2D eigenvalue weighted by atomic mass is 16.6. The first-order chi connectivity index (χ1) is 7.71. The summed E-state index contributed by atoms with van der Waals surface area (Å²) in [5, 5.41) is 8.31. The molecule has 0 saturated heterocycles. The number of carboxylic acids is 1. The number of carbonyl (C=O) groups excluding carboxylic acids is 2. The van der Waals surface area contributed by atoms with Crippen LogP contribution in [0.2, 0.25) is 0 Å². The van der Waals surface area contributed by atoms with E-state index in [-0.39, 0.29) is 0 Å². The van der Waals surface area contributed by atoms with Crippen LogP contribution in [0, 0.1) is 5.41 Å². The predicted octanol–water partition coefficient (Wildman–Crippen LogP) is 0.758. The Kier molecular flexibility index (Phi) is 5.37. The van der Waals surface area contributed by atoms with Crippen molar-refractivity contribution in [1.82, 2.24) is 0 Å². The maximum atomic E-state index is 11.4. The van der Waals surface area contributed by atoms with Crippen LogP contribution >= 0.6 is 0 Å². The number of esters is 2. The van der Waals surface area contributed by atoms with E-state index in [0.29, 0.717) is 6.08 Å². The number of aliphatic carboxylic acids is 1. The fourth-order valence-corrected chi connectivity index (χ4v) is 0.929. The van der Waals surface area contributed by atoms with Gasteiger partial charge in [0.2, 0.25) is 0 Å². The number of carbonyl (C=O) groups is 3. The first-order valence-corrected chi connectivity index (χ1v) is 4.91. The highest BCUT2D eigenvalue weighted by Gasteiger charge is 2.37. The predicted molar refractivity (Wildman–Crippen MR) is 58.1 cm³/mol. The van der Waals surface area contributed by atoms with Gasteiger partial charge in [-0.1, -0.05) is 0 Å². The average Bonchev–Trinajstić information content (AvgIpc) is 2.24. The zero-order valence-electron chi connectivity index (χ0n) is 10.2. The largest absolute Gasteiger partial charge is 0.478 e. The zero-order chi connectivity index (χ0) is 13.6. The van der Waals surface area contributed by atoms with Crippen molar-refractivity contribution in [2.45, 2.75) is 26.9 Å². The molecule has 0 rings (SSSR count). The molecule has 0 amide bonds. The number of rotatable bonds is 5. The molecule has 0 aromatic rings. The van der Waals surface area contributed by atoms with Crippen LogP contribution in [0.25, 0.3) is 0 Å². The van der Waals surface area contributed by atoms with Crippen molar-refractivity contribution in [3.63, 3.8) is 0 Å². The van der Waals surface area contributed by atoms with E-state index in [9.17, 15) is 14.4 Å². The fourth-order valence-electron chi connectivity index (χ4n) is 0.929.